The molecule has 0 aliphatic rings. The predicted molar refractivity (Wildman–Crippen MR) is 108 cm³/mol. The SMILES string of the molecule is Cc1ccc(CNS(=O)(=O)c2cccc3c(N(C)C)cccc23)cc1Cl. The number of sulfonamides is 1. The molecule has 0 radical (unpaired) electrons. The zero-order valence-corrected chi connectivity index (χ0v) is 16.5. The minimum absolute atomic E-state index is 0.187. The first-order chi connectivity index (χ1) is 12.3. The van der Waals surface area contributed by atoms with Crippen LogP contribution in [0.25, 0.3) is 10.8 Å². The van der Waals surface area contributed by atoms with Crippen molar-refractivity contribution in [1.29, 1.82) is 0 Å². The summed E-state index contributed by atoms with van der Waals surface area (Å²) >= 11 is 6.12. The molecule has 0 aromatic heterocycles. The standard InChI is InChI=1S/C20H21ClN2O2S/c1-14-10-11-15(12-18(14)21)13-22-26(24,25)20-9-5-6-16-17(20)7-4-8-19(16)23(2)3/h4-12,22H,13H2,1-3H3. The molecule has 0 aliphatic carbocycles. The van der Waals surface area contributed by atoms with E-state index in [1.807, 2.05) is 62.3 Å². The molecule has 0 aliphatic heterocycles. The Morgan fingerprint density at radius 2 is 1.69 bits per heavy atom. The summed E-state index contributed by atoms with van der Waals surface area (Å²) in [5.74, 6) is 0. The Kier molecular flexibility index (Phi) is 5.23. The molecule has 1 N–H and O–H groups in total. The van der Waals surface area contributed by atoms with Gasteiger partial charge in [0.05, 0.1) is 4.90 Å². The van der Waals surface area contributed by atoms with Crippen LogP contribution in [0.4, 0.5) is 5.69 Å². The van der Waals surface area contributed by atoms with Crippen LogP contribution in [0.3, 0.4) is 0 Å². The molecule has 0 spiro atoms. The van der Waals surface area contributed by atoms with Gasteiger partial charge in [0.2, 0.25) is 10.0 Å². The van der Waals surface area contributed by atoms with Crippen LogP contribution in [-0.2, 0) is 16.6 Å². The van der Waals surface area contributed by atoms with E-state index in [0.717, 1.165) is 22.2 Å². The second-order valence-corrected chi connectivity index (χ2v) is 8.57. The summed E-state index contributed by atoms with van der Waals surface area (Å²) in [6.45, 7) is 2.10. The molecule has 4 nitrogen and oxygen atoms in total. The fourth-order valence-corrected chi connectivity index (χ4v) is 4.33. The lowest BCUT2D eigenvalue weighted by molar-refractivity contribution is 0.582. The largest absolute Gasteiger partial charge is 0.377 e. The van der Waals surface area contributed by atoms with Crippen molar-refractivity contribution in [2.24, 2.45) is 0 Å². The molecule has 136 valence electrons. The molecule has 0 atom stereocenters. The highest BCUT2D eigenvalue weighted by atomic mass is 35.5. The summed E-state index contributed by atoms with van der Waals surface area (Å²) in [5, 5.41) is 2.23. The molecule has 0 saturated heterocycles. The van der Waals surface area contributed by atoms with Crippen LogP contribution in [0.15, 0.2) is 59.5 Å². The maximum Gasteiger partial charge on any atom is 0.241 e. The molecule has 0 unspecified atom stereocenters. The van der Waals surface area contributed by atoms with Crippen molar-refractivity contribution in [1.82, 2.24) is 4.72 Å². The number of hydrogen-bond acceptors (Lipinski definition) is 3. The van der Waals surface area contributed by atoms with Gasteiger partial charge in [-0.1, -0.05) is 48.0 Å². The molecule has 0 saturated carbocycles. The van der Waals surface area contributed by atoms with E-state index >= 15 is 0 Å². The summed E-state index contributed by atoms with van der Waals surface area (Å²) in [6, 6.07) is 16.6. The van der Waals surface area contributed by atoms with E-state index < -0.39 is 10.0 Å². The molecular weight excluding hydrogens is 368 g/mol. The van der Waals surface area contributed by atoms with Crippen LogP contribution in [0.2, 0.25) is 5.02 Å². The molecule has 6 heteroatoms. The number of nitrogens with zero attached hydrogens (tertiary/aromatic N) is 1. The summed E-state index contributed by atoms with van der Waals surface area (Å²) in [6.07, 6.45) is 0. The van der Waals surface area contributed by atoms with Gasteiger partial charge in [0.15, 0.2) is 0 Å². The molecule has 0 bridgehead atoms. The van der Waals surface area contributed by atoms with Crippen LogP contribution < -0.4 is 9.62 Å². The maximum absolute atomic E-state index is 12.9. The fraction of sp³-hybridized carbons (Fsp3) is 0.200. The molecule has 0 fully saturated rings. The van der Waals surface area contributed by atoms with Crippen molar-refractivity contribution in [3.63, 3.8) is 0 Å². The highest BCUT2D eigenvalue weighted by molar-refractivity contribution is 7.89. The molecular formula is C20H21ClN2O2S. The average Bonchev–Trinajstić information content (AvgIpc) is 2.61. The first kappa shape index (κ1) is 18.7. The van der Waals surface area contributed by atoms with E-state index in [-0.39, 0.29) is 11.4 Å². The van der Waals surface area contributed by atoms with Gasteiger partial charge in [-0.2, -0.15) is 0 Å². The van der Waals surface area contributed by atoms with E-state index in [9.17, 15) is 8.42 Å². The van der Waals surface area contributed by atoms with Crippen molar-refractivity contribution < 1.29 is 8.42 Å². The van der Waals surface area contributed by atoms with Gasteiger partial charge in [0.25, 0.3) is 0 Å². The Morgan fingerprint density at radius 3 is 2.38 bits per heavy atom. The normalized spacial score (nSPS) is 11.7. The van der Waals surface area contributed by atoms with E-state index in [1.54, 1.807) is 18.2 Å². The fourth-order valence-electron chi connectivity index (χ4n) is 2.89. The molecule has 26 heavy (non-hydrogen) atoms. The van der Waals surface area contributed by atoms with Crippen LogP contribution in [-0.4, -0.2) is 22.5 Å². The lowest BCUT2D eigenvalue weighted by Crippen LogP contribution is -2.23. The highest BCUT2D eigenvalue weighted by Gasteiger charge is 2.18. The monoisotopic (exact) mass is 388 g/mol. The third kappa shape index (κ3) is 3.70. The Morgan fingerprint density at radius 1 is 1.00 bits per heavy atom. The Labute approximate surface area is 159 Å². The summed E-state index contributed by atoms with van der Waals surface area (Å²) in [5.41, 5.74) is 2.76. The summed E-state index contributed by atoms with van der Waals surface area (Å²) in [4.78, 5) is 2.25. The Hall–Kier alpha value is -2.08. The molecule has 3 rings (SSSR count). The zero-order valence-electron chi connectivity index (χ0n) is 15.0. The third-order valence-corrected chi connectivity index (χ3v) is 6.20. The van der Waals surface area contributed by atoms with Gasteiger partial charge in [-0.15, -0.1) is 0 Å². The molecule has 0 heterocycles. The highest BCUT2D eigenvalue weighted by Crippen LogP contribution is 2.30. The van der Waals surface area contributed by atoms with E-state index in [0.29, 0.717) is 10.4 Å². The Bertz CT molecular complexity index is 1060. The Balaban J connectivity index is 1.96. The first-order valence-electron chi connectivity index (χ1n) is 8.23. The predicted octanol–water partition coefficient (Wildman–Crippen LogP) is 4.35. The third-order valence-electron chi connectivity index (χ3n) is 4.33. The minimum Gasteiger partial charge on any atom is -0.377 e. The van der Waals surface area contributed by atoms with Crippen molar-refractivity contribution in [2.45, 2.75) is 18.4 Å². The maximum atomic E-state index is 12.9. The summed E-state index contributed by atoms with van der Waals surface area (Å²) < 4.78 is 28.5. The second kappa shape index (κ2) is 7.27. The quantitative estimate of drug-likeness (QED) is 0.707. The number of halogens is 1. The van der Waals surface area contributed by atoms with Gasteiger partial charge >= 0.3 is 0 Å². The number of fused-ring (bicyclic) bond motifs is 1. The number of nitrogens with one attached hydrogen (secondary N) is 1. The number of aryl methyl sites for hydroxylation is 1. The summed E-state index contributed by atoms with van der Waals surface area (Å²) in [7, 11) is 0.218. The van der Waals surface area contributed by atoms with Gasteiger partial charge < -0.3 is 4.90 Å². The number of hydrogen-bond donors (Lipinski definition) is 1. The van der Waals surface area contributed by atoms with Crippen LogP contribution in [0.5, 0.6) is 0 Å². The van der Waals surface area contributed by atoms with Crippen LogP contribution in [0.1, 0.15) is 11.1 Å². The van der Waals surface area contributed by atoms with Crippen molar-refractivity contribution in [3.8, 4) is 0 Å². The van der Waals surface area contributed by atoms with Crippen molar-refractivity contribution in [2.75, 3.05) is 19.0 Å². The first-order valence-corrected chi connectivity index (χ1v) is 10.1. The van der Waals surface area contributed by atoms with Crippen molar-refractivity contribution >= 4 is 38.1 Å². The van der Waals surface area contributed by atoms with Gasteiger partial charge in [0.1, 0.15) is 0 Å². The van der Waals surface area contributed by atoms with Gasteiger partial charge in [-0.05, 0) is 36.2 Å². The molecule has 0 amide bonds. The van der Waals surface area contributed by atoms with Crippen LogP contribution >= 0.6 is 11.6 Å². The number of anilines is 1. The van der Waals surface area contributed by atoms with Gasteiger partial charge in [0, 0.05) is 42.1 Å². The number of benzene rings is 3. The van der Waals surface area contributed by atoms with E-state index in [1.165, 1.54) is 0 Å². The minimum atomic E-state index is -3.66. The number of rotatable bonds is 5. The zero-order chi connectivity index (χ0) is 18.9. The lowest BCUT2D eigenvalue weighted by Gasteiger charge is -2.17. The average molecular weight is 389 g/mol. The van der Waals surface area contributed by atoms with E-state index in [2.05, 4.69) is 4.72 Å². The second-order valence-electron chi connectivity index (χ2n) is 6.43. The molecule has 3 aromatic carbocycles. The smallest absolute Gasteiger partial charge is 0.241 e. The lowest BCUT2D eigenvalue weighted by atomic mass is 10.1. The topological polar surface area (TPSA) is 49.4 Å². The van der Waals surface area contributed by atoms with Crippen LogP contribution in [0, 0.1) is 6.92 Å². The molecule has 3 aromatic rings. The van der Waals surface area contributed by atoms with Crippen molar-refractivity contribution in [3.05, 3.63) is 70.7 Å². The van der Waals surface area contributed by atoms with Gasteiger partial charge in [-0.25, -0.2) is 13.1 Å². The van der Waals surface area contributed by atoms with E-state index in [4.69, 9.17) is 11.6 Å². The van der Waals surface area contributed by atoms with Gasteiger partial charge in [-0.3, -0.25) is 0 Å².